The third-order valence-electron chi connectivity index (χ3n) is 2.70. The minimum absolute atomic E-state index is 0.212. The number of nitrogens with two attached hydrogens (primary N) is 1. The van der Waals surface area contributed by atoms with Crippen LogP contribution in [0.15, 0.2) is 18.2 Å². The van der Waals surface area contributed by atoms with Crippen LogP contribution in [0, 0.1) is 5.82 Å². The molecule has 0 bridgehead atoms. The van der Waals surface area contributed by atoms with Gasteiger partial charge in [0.15, 0.2) is 6.10 Å². The Labute approximate surface area is 117 Å². The summed E-state index contributed by atoms with van der Waals surface area (Å²) in [5, 5.41) is 2.63. The highest BCUT2D eigenvalue weighted by atomic mass is 19.1. The highest BCUT2D eigenvalue weighted by Gasteiger charge is 2.20. The highest BCUT2D eigenvalue weighted by Crippen LogP contribution is 2.13. The van der Waals surface area contributed by atoms with Gasteiger partial charge in [-0.1, -0.05) is 13.3 Å². The molecule has 20 heavy (non-hydrogen) atoms. The maximum Gasteiger partial charge on any atom is 0.341 e. The zero-order chi connectivity index (χ0) is 15.1. The standard InChI is InChI=1S/C14H19FN2O3/c1-3-4-7-17-13(18)9(2)20-14(19)11-6-5-10(16)8-12(11)15/h5-6,8-9H,3-4,7,16H2,1-2H3,(H,17,18). The van der Waals surface area contributed by atoms with Crippen LogP contribution < -0.4 is 11.1 Å². The van der Waals surface area contributed by atoms with Gasteiger partial charge in [0.1, 0.15) is 5.82 Å². The second kappa shape index (κ2) is 7.47. The first kappa shape index (κ1) is 15.9. The molecule has 1 rings (SSSR count). The minimum Gasteiger partial charge on any atom is -0.449 e. The summed E-state index contributed by atoms with van der Waals surface area (Å²) in [6.07, 6.45) is 0.820. The number of rotatable bonds is 6. The molecule has 0 aliphatic heterocycles. The molecule has 6 heteroatoms. The second-order valence-corrected chi connectivity index (χ2v) is 4.43. The summed E-state index contributed by atoms with van der Waals surface area (Å²) in [5.41, 5.74) is 5.36. The van der Waals surface area contributed by atoms with Gasteiger partial charge >= 0.3 is 5.97 Å². The van der Waals surface area contributed by atoms with E-state index in [0.29, 0.717) is 6.54 Å². The highest BCUT2D eigenvalue weighted by molar-refractivity contribution is 5.92. The molecule has 0 saturated carbocycles. The summed E-state index contributed by atoms with van der Waals surface area (Å²) in [6, 6.07) is 3.66. The number of benzene rings is 1. The van der Waals surface area contributed by atoms with E-state index in [1.807, 2.05) is 6.92 Å². The molecule has 110 valence electrons. The summed E-state index contributed by atoms with van der Waals surface area (Å²) in [6.45, 7) is 3.96. The van der Waals surface area contributed by atoms with Crippen molar-refractivity contribution in [1.82, 2.24) is 5.32 Å². The van der Waals surface area contributed by atoms with E-state index < -0.39 is 23.8 Å². The molecule has 0 heterocycles. The van der Waals surface area contributed by atoms with Gasteiger partial charge in [-0.3, -0.25) is 4.79 Å². The van der Waals surface area contributed by atoms with Gasteiger partial charge in [-0.2, -0.15) is 0 Å². The first-order valence-corrected chi connectivity index (χ1v) is 6.49. The smallest absolute Gasteiger partial charge is 0.341 e. The van der Waals surface area contributed by atoms with Gasteiger partial charge in [-0.25, -0.2) is 9.18 Å². The van der Waals surface area contributed by atoms with Crippen molar-refractivity contribution in [2.45, 2.75) is 32.8 Å². The Morgan fingerprint density at radius 2 is 2.15 bits per heavy atom. The molecule has 1 atom stereocenters. The summed E-state index contributed by atoms with van der Waals surface area (Å²) >= 11 is 0. The summed E-state index contributed by atoms with van der Waals surface area (Å²) in [7, 11) is 0. The van der Waals surface area contributed by atoms with Crippen molar-refractivity contribution < 1.29 is 18.7 Å². The lowest BCUT2D eigenvalue weighted by Crippen LogP contribution is -2.36. The van der Waals surface area contributed by atoms with Crippen LogP contribution in [-0.2, 0) is 9.53 Å². The van der Waals surface area contributed by atoms with Crippen LogP contribution in [0.25, 0.3) is 0 Å². The zero-order valence-corrected chi connectivity index (χ0v) is 11.6. The van der Waals surface area contributed by atoms with E-state index in [1.54, 1.807) is 0 Å². The van der Waals surface area contributed by atoms with E-state index >= 15 is 0 Å². The average Bonchev–Trinajstić information content (AvgIpc) is 2.38. The molecule has 1 aromatic rings. The van der Waals surface area contributed by atoms with Gasteiger partial charge in [0.05, 0.1) is 5.56 Å². The van der Waals surface area contributed by atoms with Crippen LogP contribution in [0.1, 0.15) is 37.0 Å². The predicted octanol–water partition coefficient (Wildman–Crippen LogP) is 1.87. The van der Waals surface area contributed by atoms with Gasteiger partial charge < -0.3 is 15.8 Å². The van der Waals surface area contributed by atoms with E-state index in [1.165, 1.54) is 19.1 Å². The lowest BCUT2D eigenvalue weighted by Gasteiger charge is -2.13. The molecule has 0 aromatic heterocycles. The van der Waals surface area contributed by atoms with Crippen LogP contribution in [0.2, 0.25) is 0 Å². The number of nitrogen functional groups attached to an aromatic ring is 1. The van der Waals surface area contributed by atoms with Gasteiger partial charge in [0.25, 0.3) is 5.91 Å². The monoisotopic (exact) mass is 282 g/mol. The van der Waals surface area contributed by atoms with Crippen LogP contribution in [0.3, 0.4) is 0 Å². The Morgan fingerprint density at radius 1 is 1.45 bits per heavy atom. The zero-order valence-electron chi connectivity index (χ0n) is 11.6. The van der Waals surface area contributed by atoms with E-state index in [-0.39, 0.29) is 11.3 Å². The van der Waals surface area contributed by atoms with Crippen molar-refractivity contribution in [2.75, 3.05) is 12.3 Å². The van der Waals surface area contributed by atoms with Crippen molar-refractivity contribution in [1.29, 1.82) is 0 Å². The Morgan fingerprint density at radius 3 is 2.75 bits per heavy atom. The fourth-order valence-corrected chi connectivity index (χ4v) is 1.51. The molecule has 5 nitrogen and oxygen atoms in total. The predicted molar refractivity (Wildman–Crippen MR) is 73.6 cm³/mol. The fraction of sp³-hybridized carbons (Fsp3) is 0.429. The number of halogens is 1. The molecular formula is C14H19FN2O3. The third kappa shape index (κ3) is 4.53. The fourth-order valence-electron chi connectivity index (χ4n) is 1.51. The number of esters is 1. The van der Waals surface area contributed by atoms with Crippen LogP contribution in [0.5, 0.6) is 0 Å². The van der Waals surface area contributed by atoms with E-state index in [0.717, 1.165) is 18.9 Å². The number of carbonyl (C=O) groups is 2. The quantitative estimate of drug-likeness (QED) is 0.474. The van der Waals surface area contributed by atoms with E-state index in [2.05, 4.69) is 5.32 Å². The Kier molecular flexibility index (Phi) is 5.96. The topological polar surface area (TPSA) is 81.4 Å². The summed E-state index contributed by atoms with van der Waals surface area (Å²) in [5.74, 6) is -2.06. The lowest BCUT2D eigenvalue weighted by atomic mass is 10.2. The number of anilines is 1. The van der Waals surface area contributed by atoms with Crippen molar-refractivity contribution >= 4 is 17.6 Å². The molecule has 1 aromatic carbocycles. The number of hydrogen-bond donors (Lipinski definition) is 2. The molecule has 0 aliphatic carbocycles. The molecule has 1 amide bonds. The van der Waals surface area contributed by atoms with Crippen molar-refractivity contribution in [3.05, 3.63) is 29.6 Å². The van der Waals surface area contributed by atoms with Crippen molar-refractivity contribution in [3.8, 4) is 0 Å². The lowest BCUT2D eigenvalue weighted by molar-refractivity contribution is -0.129. The number of amides is 1. The van der Waals surface area contributed by atoms with Gasteiger partial charge in [-0.15, -0.1) is 0 Å². The van der Waals surface area contributed by atoms with E-state index in [4.69, 9.17) is 10.5 Å². The molecule has 0 radical (unpaired) electrons. The molecule has 0 fully saturated rings. The first-order chi connectivity index (χ1) is 9.45. The average molecular weight is 282 g/mol. The van der Waals surface area contributed by atoms with Gasteiger partial charge in [-0.05, 0) is 31.5 Å². The molecule has 0 aliphatic rings. The number of hydrogen-bond acceptors (Lipinski definition) is 4. The molecular weight excluding hydrogens is 263 g/mol. The summed E-state index contributed by atoms with van der Waals surface area (Å²) < 4.78 is 18.4. The summed E-state index contributed by atoms with van der Waals surface area (Å²) in [4.78, 5) is 23.4. The maximum atomic E-state index is 13.5. The molecule has 1 unspecified atom stereocenters. The largest absolute Gasteiger partial charge is 0.449 e. The minimum atomic E-state index is -0.976. The SMILES string of the molecule is CCCCNC(=O)C(C)OC(=O)c1ccc(N)cc1F. The molecule has 3 N–H and O–H groups in total. The molecule has 0 spiro atoms. The number of unbranched alkanes of at least 4 members (excludes halogenated alkanes) is 1. The number of ether oxygens (including phenoxy) is 1. The van der Waals surface area contributed by atoms with Crippen LogP contribution >= 0.6 is 0 Å². The van der Waals surface area contributed by atoms with Crippen molar-refractivity contribution in [3.63, 3.8) is 0 Å². The number of carbonyl (C=O) groups excluding carboxylic acids is 2. The normalized spacial score (nSPS) is 11.8. The number of nitrogens with one attached hydrogen (secondary N) is 1. The van der Waals surface area contributed by atoms with Gasteiger partial charge in [0, 0.05) is 12.2 Å². The van der Waals surface area contributed by atoms with Gasteiger partial charge in [0.2, 0.25) is 0 Å². The molecule has 0 saturated heterocycles. The Balaban J connectivity index is 2.58. The maximum absolute atomic E-state index is 13.5. The van der Waals surface area contributed by atoms with E-state index in [9.17, 15) is 14.0 Å². The van der Waals surface area contributed by atoms with Crippen molar-refractivity contribution in [2.24, 2.45) is 0 Å². The first-order valence-electron chi connectivity index (χ1n) is 6.49. The third-order valence-corrected chi connectivity index (χ3v) is 2.70. The van der Waals surface area contributed by atoms with Crippen LogP contribution in [0.4, 0.5) is 10.1 Å². The van der Waals surface area contributed by atoms with Crippen LogP contribution in [-0.4, -0.2) is 24.5 Å². The second-order valence-electron chi connectivity index (χ2n) is 4.43. The Hall–Kier alpha value is -2.11. The Bertz CT molecular complexity index is 491.